The van der Waals surface area contributed by atoms with Gasteiger partial charge in [0.05, 0.1) is 5.02 Å². The monoisotopic (exact) mass is 281 g/mol. The van der Waals surface area contributed by atoms with E-state index in [2.05, 4.69) is 5.32 Å². The summed E-state index contributed by atoms with van der Waals surface area (Å²) in [7, 11) is 1.32. The summed E-state index contributed by atoms with van der Waals surface area (Å²) in [5, 5.41) is 2.55. The lowest BCUT2D eigenvalue weighted by Crippen LogP contribution is -2.08. The fourth-order valence-electron chi connectivity index (χ4n) is 1.17. The molecule has 0 aliphatic rings. The zero-order chi connectivity index (χ0) is 12.5. The highest BCUT2D eigenvalue weighted by molar-refractivity contribution is 8.13. The molecular formula is C9H9Cl2NO3S. The van der Waals surface area contributed by atoms with Crippen molar-refractivity contribution < 1.29 is 13.2 Å². The van der Waals surface area contributed by atoms with Crippen LogP contribution in [0.25, 0.3) is 0 Å². The van der Waals surface area contributed by atoms with Gasteiger partial charge in [0, 0.05) is 23.3 Å². The summed E-state index contributed by atoms with van der Waals surface area (Å²) in [6.07, 6.45) is 0. The van der Waals surface area contributed by atoms with Gasteiger partial charge in [0.2, 0.25) is 5.91 Å². The van der Waals surface area contributed by atoms with Crippen molar-refractivity contribution in [3.8, 4) is 0 Å². The van der Waals surface area contributed by atoms with Crippen LogP contribution in [0.5, 0.6) is 0 Å². The van der Waals surface area contributed by atoms with Gasteiger partial charge in [-0.15, -0.1) is 0 Å². The molecule has 88 valence electrons. The smallest absolute Gasteiger partial charge is 0.262 e. The zero-order valence-electron chi connectivity index (χ0n) is 8.54. The first kappa shape index (κ1) is 13.3. The number of amides is 1. The molecule has 0 aliphatic carbocycles. The molecule has 0 heterocycles. The summed E-state index contributed by atoms with van der Waals surface area (Å²) in [4.78, 5) is 10.7. The lowest BCUT2D eigenvalue weighted by molar-refractivity contribution is -0.114. The first-order valence-corrected chi connectivity index (χ1v) is 6.93. The van der Waals surface area contributed by atoms with Crippen LogP contribution >= 0.6 is 22.3 Å². The van der Waals surface area contributed by atoms with E-state index >= 15 is 0 Å². The Morgan fingerprint density at radius 2 is 1.94 bits per heavy atom. The molecule has 1 aromatic rings. The van der Waals surface area contributed by atoms with Crippen molar-refractivity contribution in [1.82, 2.24) is 0 Å². The van der Waals surface area contributed by atoms with Gasteiger partial charge in [0.15, 0.2) is 0 Å². The Hall–Kier alpha value is -0.780. The maximum Gasteiger partial charge on any atom is 0.262 e. The summed E-state index contributed by atoms with van der Waals surface area (Å²) >= 11 is 5.85. The van der Waals surface area contributed by atoms with Crippen LogP contribution in [0.2, 0.25) is 5.02 Å². The topological polar surface area (TPSA) is 63.2 Å². The molecule has 0 radical (unpaired) electrons. The van der Waals surface area contributed by atoms with Crippen LogP contribution in [0.4, 0.5) is 5.69 Å². The van der Waals surface area contributed by atoms with E-state index in [9.17, 15) is 13.2 Å². The second kappa shape index (κ2) is 4.61. The number of rotatable bonds is 2. The van der Waals surface area contributed by atoms with Crippen LogP contribution in [0, 0.1) is 6.92 Å². The molecule has 0 saturated carbocycles. The van der Waals surface area contributed by atoms with Gasteiger partial charge in [-0.1, -0.05) is 11.6 Å². The highest BCUT2D eigenvalue weighted by Crippen LogP contribution is 2.32. The molecule has 0 spiro atoms. The van der Waals surface area contributed by atoms with Gasteiger partial charge in [0.25, 0.3) is 9.05 Å². The van der Waals surface area contributed by atoms with Gasteiger partial charge in [0.1, 0.15) is 4.90 Å². The number of nitrogens with one attached hydrogen (secondary N) is 1. The minimum atomic E-state index is -3.87. The third-order valence-corrected chi connectivity index (χ3v) is 3.89. The van der Waals surface area contributed by atoms with E-state index in [1.54, 1.807) is 6.92 Å². The van der Waals surface area contributed by atoms with Gasteiger partial charge in [-0.2, -0.15) is 0 Å². The SMILES string of the molecule is CC(=O)Nc1ccc(S(=O)(=O)Cl)c(Cl)c1C. The van der Waals surface area contributed by atoms with Crippen molar-refractivity contribution in [1.29, 1.82) is 0 Å². The number of carbonyl (C=O) groups is 1. The molecule has 1 amide bonds. The number of hydrogen-bond acceptors (Lipinski definition) is 3. The molecule has 7 heteroatoms. The highest BCUT2D eigenvalue weighted by Gasteiger charge is 2.18. The molecule has 0 saturated heterocycles. The zero-order valence-corrected chi connectivity index (χ0v) is 10.9. The molecule has 0 atom stereocenters. The Bertz CT molecular complexity index is 540. The molecule has 1 aromatic carbocycles. The summed E-state index contributed by atoms with van der Waals surface area (Å²) in [5.74, 6) is -0.263. The Morgan fingerprint density at radius 3 is 2.38 bits per heavy atom. The molecular weight excluding hydrogens is 273 g/mol. The van der Waals surface area contributed by atoms with Crippen LogP contribution in [0.3, 0.4) is 0 Å². The average Bonchev–Trinajstić information content (AvgIpc) is 2.10. The lowest BCUT2D eigenvalue weighted by Gasteiger charge is -2.10. The lowest BCUT2D eigenvalue weighted by atomic mass is 10.2. The van der Waals surface area contributed by atoms with Crippen LogP contribution in [0.1, 0.15) is 12.5 Å². The quantitative estimate of drug-likeness (QED) is 0.848. The standard InChI is InChI=1S/C9H9Cl2NO3S/c1-5-7(12-6(2)13)3-4-8(9(5)10)16(11,14)15/h3-4H,1-2H3,(H,12,13). The van der Waals surface area contributed by atoms with Crippen molar-refractivity contribution >= 4 is 42.9 Å². The van der Waals surface area contributed by atoms with E-state index in [0.29, 0.717) is 11.3 Å². The Morgan fingerprint density at radius 1 is 1.38 bits per heavy atom. The van der Waals surface area contributed by atoms with Gasteiger partial charge in [-0.05, 0) is 24.6 Å². The molecule has 0 unspecified atom stereocenters. The minimum Gasteiger partial charge on any atom is -0.326 e. The summed E-state index contributed by atoms with van der Waals surface area (Å²) in [6.45, 7) is 2.94. The van der Waals surface area contributed by atoms with Crippen molar-refractivity contribution in [2.24, 2.45) is 0 Å². The maximum atomic E-state index is 11.1. The second-order valence-corrected chi connectivity index (χ2v) is 6.08. The molecule has 0 aromatic heterocycles. The number of anilines is 1. The average molecular weight is 282 g/mol. The fraction of sp³-hybridized carbons (Fsp3) is 0.222. The van der Waals surface area contributed by atoms with E-state index in [1.807, 2.05) is 0 Å². The number of hydrogen-bond donors (Lipinski definition) is 1. The first-order valence-electron chi connectivity index (χ1n) is 4.25. The van der Waals surface area contributed by atoms with Crippen molar-refractivity contribution in [2.45, 2.75) is 18.7 Å². The third-order valence-electron chi connectivity index (χ3n) is 1.92. The third kappa shape index (κ3) is 2.87. The normalized spacial score (nSPS) is 11.2. The first-order chi connectivity index (χ1) is 7.23. The van der Waals surface area contributed by atoms with Gasteiger partial charge < -0.3 is 5.32 Å². The molecule has 0 fully saturated rings. The van der Waals surface area contributed by atoms with E-state index in [0.717, 1.165) is 0 Å². The van der Waals surface area contributed by atoms with Crippen molar-refractivity contribution in [2.75, 3.05) is 5.32 Å². The van der Waals surface area contributed by atoms with Gasteiger partial charge in [-0.25, -0.2) is 8.42 Å². The van der Waals surface area contributed by atoms with Crippen LogP contribution in [0.15, 0.2) is 17.0 Å². The largest absolute Gasteiger partial charge is 0.326 e. The van der Waals surface area contributed by atoms with Crippen molar-refractivity contribution in [3.63, 3.8) is 0 Å². The molecule has 4 nitrogen and oxygen atoms in total. The number of halogens is 2. The van der Waals surface area contributed by atoms with Gasteiger partial charge >= 0.3 is 0 Å². The van der Waals surface area contributed by atoms with Crippen molar-refractivity contribution in [3.05, 3.63) is 22.7 Å². The fourth-order valence-corrected chi connectivity index (χ4v) is 2.75. The summed E-state index contributed by atoms with van der Waals surface area (Å²) < 4.78 is 22.3. The molecule has 1 rings (SSSR count). The Kier molecular flexibility index (Phi) is 3.83. The minimum absolute atomic E-state index is 0.0150. The second-order valence-electron chi connectivity index (χ2n) is 3.17. The van der Waals surface area contributed by atoms with Gasteiger partial charge in [-0.3, -0.25) is 4.79 Å². The van der Waals surface area contributed by atoms with E-state index in [1.165, 1.54) is 19.1 Å². The predicted molar refractivity (Wildman–Crippen MR) is 63.5 cm³/mol. The van der Waals surface area contributed by atoms with E-state index < -0.39 is 9.05 Å². The number of benzene rings is 1. The number of carbonyl (C=O) groups excluding carboxylic acids is 1. The maximum absolute atomic E-state index is 11.1. The molecule has 0 bridgehead atoms. The Labute approximate surface area is 103 Å². The summed E-state index contributed by atoms with van der Waals surface area (Å²) in [5.41, 5.74) is 0.917. The summed E-state index contributed by atoms with van der Waals surface area (Å²) in [6, 6.07) is 2.70. The molecule has 0 aliphatic heterocycles. The molecule has 1 N–H and O–H groups in total. The predicted octanol–water partition coefficient (Wildman–Crippen LogP) is 2.53. The van der Waals surface area contributed by atoms with Crippen LogP contribution in [-0.2, 0) is 13.8 Å². The van der Waals surface area contributed by atoms with E-state index in [-0.39, 0.29) is 15.8 Å². The Balaban J connectivity index is 3.35. The molecule has 16 heavy (non-hydrogen) atoms. The highest BCUT2D eigenvalue weighted by atomic mass is 35.7. The van der Waals surface area contributed by atoms with E-state index in [4.69, 9.17) is 22.3 Å². The van der Waals surface area contributed by atoms with Crippen LogP contribution in [-0.4, -0.2) is 14.3 Å². The van der Waals surface area contributed by atoms with Crippen LogP contribution < -0.4 is 5.32 Å².